The van der Waals surface area contributed by atoms with Crippen LogP contribution in [0.3, 0.4) is 0 Å². The molecule has 5 nitrogen and oxygen atoms in total. The first-order valence-electron chi connectivity index (χ1n) is 7.52. The van der Waals surface area contributed by atoms with Gasteiger partial charge in [-0.15, -0.1) is 0 Å². The molecular formula is C17H24N2O3. The summed E-state index contributed by atoms with van der Waals surface area (Å²) >= 11 is 0. The molecule has 1 aliphatic rings. The molecule has 1 atom stereocenters. The maximum atomic E-state index is 12.9. The zero-order valence-corrected chi connectivity index (χ0v) is 14.0. The van der Waals surface area contributed by atoms with Gasteiger partial charge in [0.2, 0.25) is 0 Å². The minimum absolute atomic E-state index is 0.0642. The van der Waals surface area contributed by atoms with Gasteiger partial charge >= 0.3 is 5.97 Å². The van der Waals surface area contributed by atoms with Gasteiger partial charge in [-0.05, 0) is 56.9 Å². The number of carbonyl (C=O) groups excluding carboxylic acids is 1. The highest BCUT2D eigenvalue weighted by atomic mass is 16.4. The van der Waals surface area contributed by atoms with Crippen LogP contribution in [0.4, 0.5) is 11.4 Å². The Morgan fingerprint density at radius 1 is 1.27 bits per heavy atom. The van der Waals surface area contributed by atoms with Gasteiger partial charge in [0.25, 0.3) is 5.91 Å². The third kappa shape index (κ3) is 2.45. The molecule has 0 bridgehead atoms. The Balaban J connectivity index is 2.68. The Morgan fingerprint density at radius 2 is 1.82 bits per heavy atom. The Morgan fingerprint density at radius 3 is 2.32 bits per heavy atom. The van der Waals surface area contributed by atoms with Crippen molar-refractivity contribution >= 4 is 23.3 Å². The van der Waals surface area contributed by atoms with Gasteiger partial charge < -0.3 is 10.4 Å². The van der Waals surface area contributed by atoms with Crippen molar-refractivity contribution in [1.82, 2.24) is 0 Å². The number of rotatable bonds is 3. The minimum atomic E-state index is -1.30. The summed E-state index contributed by atoms with van der Waals surface area (Å²) in [7, 11) is 0. The number of aliphatic carboxylic acids is 1. The lowest BCUT2D eigenvalue weighted by Gasteiger charge is -2.43. The second-order valence-electron chi connectivity index (χ2n) is 6.86. The van der Waals surface area contributed by atoms with Crippen LogP contribution >= 0.6 is 0 Å². The molecule has 2 N–H and O–H groups in total. The highest BCUT2D eigenvalue weighted by Crippen LogP contribution is 2.39. The van der Waals surface area contributed by atoms with Crippen molar-refractivity contribution < 1.29 is 14.7 Å². The Kier molecular flexibility index (Phi) is 3.94. The molecule has 5 heteroatoms. The fourth-order valence-electron chi connectivity index (χ4n) is 2.71. The van der Waals surface area contributed by atoms with Gasteiger partial charge in [0, 0.05) is 0 Å². The summed E-state index contributed by atoms with van der Waals surface area (Å²) in [6.07, 6.45) is 0. The fraction of sp³-hybridized carbons (Fsp3) is 0.529. The number of carboxylic acid groups (broad SMARTS) is 1. The molecule has 2 rings (SSSR count). The maximum Gasteiger partial charge on any atom is 0.329 e. The first-order chi connectivity index (χ1) is 10.1. The van der Waals surface area contributed by atoms with Gasteiger partial charge in [-0.3, -0.25) is 9.69 Å². The average Bonchev–Trinajstić information content (AvgIpc) is 2.39. The number of anilines is 2. The van der Waals surface area contributed by atoms with Crippen molar-refractivity contribution in [1.29, 1.82) is 0 Å². The molecule has 0 saturated carbocycles. The van der Waals surface area contributed by atoms with Gasteiger partial charge in [-0.25, -0.2) is 4.79 Å². The van der Waals surface area contributed by atoms with Gasteiger partial charge in [0.05, 0.1) is 11.4 Å². The Bertz CT molecular complexity index is 635. The monoisotopic (exact) mass is 304 g/mol. The molecule has 0 spiro atoms. The molecule has 0 aromatic heterocycles. The maximum absolute atomic E-state index is 12.9. The standard InChI is InChI=1S/C17H24N2O3/c1-9(2)14-15(20)19(17(5,6)16(21)22)13-8-11(4)10(3)7-12(13)18-14/h7-9,14,18H,1-6H3,(H,21,22). The molecule has 22 heavy (non-hydrogen) atoms. The van der Waals surface area contributed by atoms with E-state index in [1.165, 1.54) is 4.90 Å². The molecule has 1 aromatic rings. The van der Waals surface area contributed by atoms with Crippen LogP contribution in [0.25, 0.3) is 0 Å². The van der Waals surface area contributed by atoms with Crippen LogP contribution in [0.2, 0.25) is 0 Å². The topological polar surface area (TPSA) is 69.6 Å². The highest BCUT2D eigenvalue weighted by Gasteiger charge is 2.45. The highest BCUT2D eigenvalue weighted by molar-refractivity contribution is 6.09. The quantitative estimate of drug-likeness (QED) is 0.901. The van der Waals surface area contributed by atoms with Crippen molar-refractivity contribution in [2.75, 3.05) is 10.2 Å². The number of carboxylic acids is 1. The van der Waals surface area contributed by atoms with Crippen LogP contribution in [-0.4, -0.2) is 28.6 Å². The number of amides is 1. The molecular weight excluding hydrogens is 280 g/mol. The molecule has 1 aliphatic heterocycles. The number of carbonyl (C=O) groups is 2. The zero-order chi connectivity index (χ0) is 16.8. The van der Waals surface area contributed by atoms with E-state index in [1.54, 1.807) is 13.8 Å². The summed E-state index contributed by atoms with van der Waals surface area (Å²) in [4.78, 5) is 26.0. The van der Waals surface area contributed by atoms with Gasteiger partial charge in [-0.1, -0.05) is 13.8 Å². The van der Waals surface area contributed by atoms with Crippen LogP contribution in [0.15, 0.2) is 12.1 Å². The summed E-state index contributed by atoms with van der Waals surface area (Å²) in [5.74, 6) is -1.15. The van der Waals surface area contributed by atoms with Gasteiger partial charge in [0.15, 0.2) is 0 Å². The number of hydrogen-bond acceptors (Lipinski definition) is 3. The van der Waals surface area contributed by atoms with Crippen molar-refractivity contribution in [2.45, 2.75) is 53.1 Å². The molecule has 1 unspecified atom stereocenters. The van der Waals surface area contributed by atoms with E-state index in [9.17, 15) is 14.7 Å². The lowest BCUT2D eigenvalue weighted by atomic mass is 9.92. The van der Waals surface area contributed by atoms with E-state index in [1.807, 2.05) is 39.8 Å². The van der Waals surface area contributed by atoms with Crippen LogP contribution in [0.5, 0.6) is 0 Å². The third-order valence-electron chi connectivity index (χ3n) is 4.40. The molecule has 0 aliphatic carbocycles. The van der Waals surface area contributed by atoms with Crippen molar-refractivity contribution in [3.8, 4) is 0 Å². The summed E-state index contributed by atoms with van der Waals surface area (Å²) in [5, 5.41) is 12.8. The third-order valence-corrected chi connectivity index (χ3v) is 4.40. The minimum Gasteiger partial charge on any atom is -0.480 e. The predicted octanol–water partition coefficient (Wildman–Crippen LogP) is 2.95. The van der Waals surface area contributed by atoms with Crippen molar-refractivity contribution in [3.63, 3.8) is 0 Å². The smallest absolute Gasteiger partial charge is 0.329 e. The number of nitrogens with one attached hydrogen (secondary N) is 1. The van der Waals surface area contributed by atoms with Gasteiger partial charge in [-0.2, -0.15) is 0 Å². The summed E-state index contributed by atoms with van der Waals surface area (Å²) < 4.78 is 0. The largest absolute Gasteiger partial charge is 0.480 e. The number of nitrogens with zero attached hydrogens (tertiary/aromatic N) is 1. The van der Waals surface area contributed by atoms with Crippen molar-refractivity contribution in [2.24, 2.45) is 5.92 Å². The van der Waals surface area contributed by atoms with Crippen molar-refractivity contribution in [3.05, 3.63) is 23.3 Å². The molecule has 1 heterocycles. The molecule has 120 valence electrons. The Hall–Kier alpha value is -2.04. The zero-order valence-electron chi connectivity index (χ0n) is 14.0. The summed E-state index contributed by atoms with van der Waals surface area (Å²) in [5.41, 5.74) is 2.29. The summed E-state index contributed by atoms with van der Waals surface area (Å²) in [6.45, 7) is 11.0. The van der Waals surface area contributed by atoms with Crippen LogP contribution in [0, 0.1) is 19.8 Å². The van der Waals surface area contributed by atoms with E-state index in [0.717, 1.165) is 16.8 Å². The number of aryl methyl sites for hydroxylation is 2. The lowest BCUT2D eigenvalue weighted by molar-refractivity contribution is -0.144. The van der Waals surface area contributed by atoms with Crippen LogP contribution < -0.4 is 10.2 Å². The molecule has 0 saturated heterocycles. The van der Waals surface area contributed by atoms with E-state index < -0.39 is 17.6 Å². The van der Waals surface area contributed by atoms with E-state index in [4.69, 9.17) is 0 Å². The second kappa shape index (κ2) is 5.30. The Labute approximate surface area is 131 Å². The normalized spacial score (nSPS) is 18.2. The number of hydrogen-bond donors (Lipinski definition) is 2. The fourth-order valence-corrected chi connectivity index (χ4v) is 2.71. The van der Waals surface area contributed by atoms with E-state index in [0.29, 0.717) is 5.69 Å². The van der Waals surface area contributed by atoms with E-state index in [-0.39, 0.29) is 11.8 Å². The molecule has 1 aromatic carbocycles. The van der Waals surface area contributed by atoms with E-state index in [2.05, 4.69) is 5.32 Å². The van der Waals surface area contributed by atoms with E-state index >= 15 is 0 Å². The van der Waals surface area contributed by atoms with Crippen LogP contribution in [0.1, 0.15) is 38.8 Å². The SMILES string of the molecule is Cc1cc2c(cc1C)N(C(C)(C)C(=O)O)C(=O)C(C(C)C)N2. The summed E-state index contributed by atoms with van der Waals surface area (Å²) in [6, 6.07) is 3.45. The molecule has 0 fully saturated rings. The number of fused-ring (bicyclic) bond motifs is 1. The van der Waals surface area contributed by atoms with Crippen LogP contribution in [-0.2, 0) is 9.59 Å². The average molecular weight is 304 g/mol. The first-order valence-corrected chi connectivity index (χ1v) is 7.52. The molecule has 1 amide bonds. The second-order valence-corrected chi connectivity index (χ2v) is 6.86. The first kappa shape index (κ1) is 16.3. The number of benzene rings is 1. The van der Waals surface area contributed by atoms with Gasteiger partial charge in [0.1, 0.15) is 11.6 Å². The predicted molar refractivity (Wildman–Crippen MR) is 87.4 cm³/mol. The molecule has 0 radical (unpaired) electrons. The lowest BCUT2D eigenvalue weighted by Crippen LogP contribution is -2.60.